The standard InChI is InChI=1S/C18H22ClN3O3S/c1-21(2)26(24,25)15-9-10-16(19)17(13-15)20-18(23)11-12-22(3)14-7-5-4-6-8-14/h4-10,13H,11-12H2,1-3H3,(H,20,23). The molecule has 0 heterocycles. The number of carbonyl (C=O) groups excluding carboxylic acids is 1. The van der Waals surface area contributed by atoms with Gasteiger partial charge in [0.25, 0.3) is 0 Å². The third-order valence-electron chi connectivity index (χ3n) is 3.86. The van der Waals surface area contributed by atoms with Crippen molar-refractivity contribution in [1.82, 2.24) is 4.31 Å². The lowest BCUT2D eigenvalue weighted by Crippen LogP contribution is -2.24. The number of rotatable bonds is 7. The van der Waals surface area contributed by atoms with Gasteiger partial charge in [-0.1, -0.05) is 29.8 Å². The van der Waals surface area contributed by atoms with Crippen LogP contribution < -0.4 is 10.2 Å². The predicted octanol–water partition coefficient (Wildman–Crippen LogP) is 3.06. The van der Waals surface area contributed by atoms with Crippen molar-refractivity contribution in [3.05, 3.63) is 53.6 Å². The van der Waals surface area contributed by atoms with Gasteiger partial charge in [0.15, 0.2) is 0 Å². The fourth-order valence-electron chi connectivity index (χ4n) is 2.26. The zero-order chi connectivity index (χ0) is 19.3. The fourth-order valence-corrected chi connectivity index (χ4v) is 3.36. The van der Waals surface area contributed by atoms with E-state index in [9.17, 15) is 13.2 Å². The Morgan fingerprint density at radius 3 is 2.35 bits per heavy atom. The number of amides is 1. The summed E-state index contributed by atoms with van der Waals surface area (Å²) >= 11 is 6.09. The summed E-state index contributed by atoms with van der Waals surface area (Å²) in [6, 6.07) is 14.0. The van der Waals surface area contributed by atoms with E-state index in [1.807, 2.05) is 42.3 Å². The Balaban J connectivity index is 2.05. The largest absolute Gasteiger partial charge is 0.374 e. The molecule has 0 bridgehead atoms. The number of nitrogens with zero attached hydrogens (tertiary/aromatic N) is 2. The molecule has 0 aliphatic heterocycles. The number of para-hydroxylation sites is 1. The minimum Gasteiger partial charge on any atom is -0.374 e. The fraction of sp³-hybridized carbons (Fsp3) is 0.278. The van der Waals surface area contributed by atoms with Crippen molar-refractivity contribution < 1.29 is 13.2 Å². The first-order valence-electron chi connectivity index (χ1n) is 8.00. The molecule has 0 aromatic heterocycles. The maximum atomic E-state index is 12.2. The van der Waals surface area contributed by atoms with Crippen LogP contribution in [0.4, 0.5) is 11.4 Å². The molecular formula is C18H22ClN3O3S. The predicted molar refractivity (Wildman–Crippen MR) is 105 cm³/mol. The van der Waals surface area contributed by atoms with Crippen molar-refractivity contribution in [3.8, 4) is 0 Å². The Morgan fingerprint density at radius 1 is 1.08 bits per heavy atom. The molecular weight excluding hydrogens is 374 g/mol. The Kier molecular flexibility index (Phi) is 6.63. The number of halogens is 1. The van der Waals surface area contributed by atoms with Gasteiger partial charge >= 0.3 is 0 Å². The molecule has 0 atom stereocenters. The highest BCUT2D eigenvalue weighted by molar-refractivity contribution is 7.89. The van der Waals surface area contributed by atoms with Crippen LogP contribution in [-0.2, 0) is 14.8 Å². The molecule has 2 aromatic rings. The van der Waals surface area contributed by atoms with Gasteiger partial charge in [-0.15, -0.1) is 0 Å². The molecule has 0 spiro atoms. The third-order valence-corrected chi connectivity index (χ3v) is 6.00. The van der Waals surface area contributed by atoms with Crippen LogP contribution in [0.1, 0.15) is 6.42 Å². The normalized spacial score (nSPS) is 11.4. The number of anilines is 2. The molecule has 1 amide bonds. The van der Waals surface area contributed by atoms with Crippen molar-refractivity contribution in [1.29, 1.82) is 0 Å². The quantitative estimate of drug-likeness (QED) is 0.782. The van der Waals surface area contributed by atoms with E-state index in [-0.39, 0.29) is 27.9 Å². The molecule has 26 heavy (non-hydrogen) atoms. The van der Waals surface area contributed by atoms with E-state index in [4.69, 9.17) is 11.6 Å². The second-order valence-electron chi connectivity index (χ2n) is 5.98. The lowest BCUT2D eigenvalue weighted by molar-refractivity contribution is -0.116. The van der Waals surface area contributed by atoms with E-state index in [0.717, 1.165) is 9.99 Å². The van der Waals surface area contributed by atoms with E-state index in [1.54, 1.807) is 0 Å². The molecule has 8 heteroatoms. The molecule has 0 fully saturated rings. The molecule has 0 unspecified atom stereocenters. The molecule has 0 radical (unpaired) electrons. The van der Waals surface area contributed by atoms with E-state index in [0.29, 0.717) is 6.54 Å². The van der Waals surface area contributed by atoms with Gasteiger partial charge < -0.3 is 10.2 Å². The van der Waals surface area contributed by atoms with Crippen LogP contribution in [0.3, 0.4) is 0 Å². The Labute approximate surface area is 159 Å². The SMILES string of the molecule is CN(CCC(=O)Nc1cc(S(=O)(=O)N(C)C)ccc1Cl)c1ccccc1. The van der Waals surface area contributed by atoms with Crippen molar-refractivity contribution in [3.63, 3.8) is 0 Å². The van der Waals surface area contributed by atoms with Crippen LogP contribution in [0.2, 0.25) is 5.02 Å². The lowest BCUT2D eigenvalue weighted by atomic mass is 10.2. The number of nitrogens with one attached hydrogen (secondary N) is 1. The number of hydrogen-bond donors (Lipinski definition) is 1. The highest BCUT2D eigenvalue weighted by Crippen LogP contribution is 2.26. The highest BCUT2D eigenvalue weighted by Gasteiger charge is 2.19. The van der Waals surface area contributed by atoms with Crippen molar-refractivity contribution in [2.45, 2.75) is 11.3 Å². The lowest BCUT2D eigenvalue weighted by Gasteiger charge is -2.19. The Bertz CT molecular complexity index is 871. The number of benzene rings is 2. The average molecular weight is 396 g/mol. The summed E-state index contributed by atoms with van der Waals surface area (Å²) in [5.74, 6) is -0.242. The molecule has 6 nitrogen and oxygen atoms in total. The first-order valence-corrected chi connectivity index (χ1v) is 9.81. The topological polar surface area (TPSA) is 69.7 Å². The first-order chi connectivity index (χ1) is 12.2. The van der Waals surface area contributed by atoms with Gasteiger partial charge in [0, 0.05) is 39.8 Å². The second-order valence-corrected chi connectivity index (χ2v) is 8.54. The zero-order valence-electron chi connectivity index (χ0n) is 14.9. The van der Waals surface area contributed by atoms with Crippen LogP contribution in [0.15, 0.2) is 53.4 Å². The van der Waals surface area contributed by atoms with Crippen molar-refractivity contribution in [2.24, 2.45) is 0 Å². The zero-order valence-corrected chi connectivity index (χ0v) is 16.5. The maximum Gasteiger partial charge on any atom is 0.242 e. The van der Waals surface area contributed by atoms with Gasteiger partial charge in [-0.3, -0.25) is 4.79 Å². The summed E-state index contributed by atoms with van der Waals surface area (Å²) < 4.78 is 25.5. The molecule has 0 aliphatic rings. The van der Waals surface area contributed by atoms with Gasteiger partial charge in [-0.05, 0) is 30.3 Å². The molecule has 2 aromatic carbocycles. The van der Waals surface area contributed by atoms with E-state index < -0.39 is 10.0 Å². The molecule has 2 rings (SSSR count). The van der Waals surface area contributed by atoms with Crippen LogP contribution in [0.25, 0.3) is 0 Å². The summed E-state index contributed by atoms with van der Waals surface area (Å²) in [4.78, 5) is 14.3. The van der Waals surface area contributed by atoms with E-state index in [1.165, 1.54) is 32.3 Å². The summed E-state index contributed by atoms with van der Waals surface area (Å²) in [6.07, 6.45) is 0.242. The van der Waals surface area contributed by atoms with Crippen LogP contribution in [0, 0.1) is 0 Å². The summed E-state index contributed by atoms with van der Waals surface area (Å²) in [7, 11) is 1.20. The average Bonchev–Trinajstić information content (AvgIpc) is 2.62. The van der Waals surface area contributed by atoms with Gasteiger partial charge in [0.05, 0.1) is 15.6 Å². The second kappa shape index (κ2) is 8.53. The Hall–Kier alpha value is -2.09. The minimum absolute atomic E-state index is 0.0728. The number of carbonyl (C=O) groups is 1. The summed E-state index contributed by atoms with van der Waals surface area (Å²) in [5.41, 5.74) is 1.29. The molecule has 140 valence electrons. The Morgan fingerprint density at radius 2 is 1.73 bits per heavy atom. The third kappa shape index (κ3) is 4.97. The minimum atomic E-state index is -3.60. The van der Waals surface area contributed by atoms with Crippen LogP contribution in [0.5, 0.6) is 0 Å². The smallest absolute Gasteiger partial charge is 0.242 e. The molecule has 0 saturated carbocycles. The summed E-state index contributed by atoms with van der Waals surface area (Å²) in [5, 5.41) is 2.97. The number of hydrogen-bond acceptors (Lipinski definition) is 4. The van der Waals surface area contributed by atoms with Gasteiger partial charge in [-0.25, -0.2) is 12.7 Å². The first kappa shape index (κ1) is 20.2. The molecule has 0 aliphatic carbocycles. The van der Waals surface area contributed by atoms with E-state index >= 15 is 0 Å². The molecule has 1 N–H and O–H groups in total. The van der Waals surface area contributed by atoms with Gasteiger partial charge in [0.1, 0.15) is 0 Å². The highest BCUT2D eigenvalue weighted by atomic mass is 35.5. The number of sulfonamides is 1. The summed E-state index contributed by atoms with van der Waals surface area (Å²) in [6.45, 7) is 0.517. The molecule has 0 saturated heterocycles. The van der Waals surface area contributed by atoms with Crippen LogP contribution >= 0.6 is 11.6 Å². The van der Waals surface area contributed by atoms with E-state index in [2.05, 4.69) is 5.32 Å². The van der Waals surface area contributed by atoms with Gasteiger partial charge in [-0.2, -0.15) is 0 Å². The monoisotopic (exact) mass is 395 g/mol. The van der Waals surface area contributed by atoms with Crippen LogP contribution in [-0.4, -0.2) is 46.3 Å². The van der Waals surface area contributed by atoms with Crippen molar-refractivity contribution in [2.75, 3.05) is 37.9 Å². The van der Waals surface area contributed by atoms with Crippen molar-refractivity contribution >= 4 is 38.9 Å². The van der Waals surface area contributed by atoms with Gasteiger partial charge in [0.2, 0.25) is 15.9 Å². The maximum absolute atomic E-state index is 12.2.